The van der Waals surface area contributed by atoms with Crippen LogP contribution in [0.5, 0.6) is 0 Å². The summed E-state index contributed by atoms with van der Waals surface area (Å²) in [6.07, 6.45) is 10.7. The van der Waals surface area contributed by atoms with Crippen molar-refractivity contribution in [3.05, 3.63) is 12.2 Å². The van der Waals surface area contributed by atoms with Crippen molar-refractivity contribution < 1.29 is 42.1 Å². The smallest absolute Gasteiger partial charge is 0.462 e. The Kier molecular flexibility index (Phi) is 16.6. The van der Waals surface area contributed by atoms with Crippen molar-refractivity contribution in [3.8, 4) is 0 Å². The number of likely N-dealkylation sites (N-methyl/N-ethyl adjacent to an activating group) is 1. The van der Waals surface area contributed by atoms with Crippen LogP contribution in [0.4, 0.5) is 0 Å². The Labute approximate surface area is 193 Å². The zero-order valence-corrected chi connectivity index (χ0v) is 21.3. The van der Waals surface area contributed by atoms with Crippen molar-refractivity contribution in [3.63, 3.8) is 0 Å². The minimum absolute atomic E-state index is 0.0283. The lowest BCUT2D eigenvalue weighted by Gasteiger charge is -2.24. The first-order valence-corrected chi connectivity index (χ1v) is 12.8. The second-order valence-electron chi connectivity index (χ2n) is 8.71. The van der Waals surface area contributed by atoms with Crippen molar-refractivity contribution in [1.82, 2.24) is 0 Å². The molecule has 0 heterocycles. The predicted molar refractivity (Wildman–Crippen MR) is 123 cm³/mol. The molecular weight excluding hydrogens is 437 g/mol. The van der Waals surface area contributed by atoms with E-state index in [1.54, 1.807) is 0 Å². The average Bonchev–Trinajstić information content (AvgIpc) is 2.67. The van der Waals surface area contributed by atoms with Crippen molar-refractivity contribution in [2.24, 2.45) is 0 Å². The molecular formula is C22H43NO8P+. The van der Waals surface area contributed by atoms with Gasteiger partial charge in [-0.25, -0.2) is 4.57 Å². The number of nitrogens with zero attached hydrogens (tertiary/aromatic N) is 1. The molecule has 188 valence electrons. The van der Waals surface area contributed by atoms with E-state index in [9.17, 15) is 19.0 Å². The van der Waals surface area contributed by atoms with Gasteiger partial charge < -0.3 is 18.9 Å². The van der Waals surface area contributed by atoms with Gasteiger partial charge >= 0.3 is 19.8 Å². The highest BCUT2D eigenvalue weighted by Crippen LogP contribution is 2.43. The van der Waals surface area contributed by atoms with Gasteiger partial charge in [-0.15, -0.1) is 0 Å². The molecule has 0 bridgehead atoms. The molecule has 0 saturated heterocycles. The van der Waals surface area contributed by atoms with E-state index < -0.39 is 32.5 Å². The van der Waals surface area contributed by atoms with E-state index in [0.29, 0.717) is 17.4 Å². The van der Waals surface area contributed by atoms with Crippen molar-refractivity contribution >= 4 is 19.8 Å². The molecule has 0 aromatic heterocycles. The first-order chi connectivity index (χ1) is 14.9. The van der Waals surface area contributed by atoms with Gasteiger partial charge in [-0.3, -0.25) is 18.6 Å². The van der Waals surface area contributed by atoms with Gasteiger partial charge in [0, 0.05) is 13.3 Å². The number of phosphoric acid groups is 1. The number of unbranched alkanes of at least 4 members (excludes halogenated alkanes) is 5. The summed E-state index contributed by atoms with van der Waals surface area (Å²) in [5, 5.41) is 0. The van der Waals surface area contributed by atoms with Crippen LogP contribution in [0.2, 0.25) is 0 Å². The number of hydrogen-bond acceptors (Lipinski definition) is 7. The number of esters is 2. The van der Waals surface area contributed by atoms with Crippen LogP contribution >= 0.6 is 7.82 Å². The Morgan fingerprint density at radius 2 is 1.66 bits per heavy atom. The number of phosphoric ester groups is 1. The molecule has 2 atom stereocenters. The van der Waals surface area contributed by atoms with Gasteiger partial charge in [-0.2, -0.15) is 0 Å². The summed E-state index contributed by atoms with van der Waals surface area (Å²) < 4.78 is 32.6. The highest BCUT2D eigenvalue weighted by Gasteiger charge is 2.26. The van der Waals surface area contributed by atoms with Crippen molar-refractivity contribution in [2.75, 3.05) is 47.5 Å². The third-order valence-corrected chi connectivity index (χ3v) is 5.35. The molecule has 0 aliphatic heterocycles. The second kappa shape index (κ2) is 17.3. The molecule has 10 heteroatoms. The molecule has 0 amide bonds. The van der Waals surface area contributed by atoms with Crippen LogP contribution in [0.3, 0.4) is 0 Å². The quantitative estimate of drug-likeness (QED) is 0.0972. The van der Waals surface area contributed by atoms with Crippen LogP contribution in [0.25, 0.3) is 0 Å². The summed E-state index contributed by atoms with van der Waals surface area (Å²) >= 11 is 0. The summed E-state index contributed by atoms with van der Waals surface area (Å²) in [4.78, 5) is 33.0. The molecule has 0 aliphatic carbocycles. The SMILES string of the molecule is CC/C=C\CCCCCCCC(=O)O[C@@H](COC(C)=O)COP(=O)(O)OCC[N+](C)(C)C. The van der Waals surface area contributed by atoms with Crippen LogP contribution < -0.4 is 0 Å². The lowest BCUT2D eigenvalue weighted by Crippen LogP contribution is -2.37. The maximum atomic E-state index is 12.1. The van der Waals surface area contributed by atoms with E-state index >= 15 is 0 Å². The van der Waals surface area contributed by atoms with Crippen LogP contribution in [-0.2, 0) is 32.7 Å². The number of carbonyl (C=O) groups is 2. The number of ether oxygens (including phenoxy) is 2. The van der Waals surface area contributed by atoms with Gasteiger partial charge in [0.15, 0.2) is 6.10 Å². The fourth-order valence-corrected chi connectivity index (χ4v) is 3.30. The maximum Gasteiger partial charge on any atom is 0.472 e. The zero-order valence-electron chi connectivity index (χ0n) is 20.4. The summed E-state index contributed by atoms with van der Waals surface area (Å²) in [7, 11) is 1.45. The maximum absolute atomic E-state index is 12.1. The van der Waals surface area contributed by atoms with Gasteiger partial charge in [0.2, 0.25) is 0 Å². The number of rotatable bonds is 19. The summed E-state index contributed by atoms with van der Waals surface area (Å²) in [5.74, 6) is -1.01. The van der Waals surface area contributed by atoms with Crippen LogP contribution in [0.15, 0.2) is 12.2 Å². The van der Waals surface area contributed by atoms with Gasteiger partial charge in [-0.05, 0) is 25.7 Å². The predicted octanol–water partition coefficient (Wildman–Crippen LogP) is 4.00. The molecule has 0 saturated carbocycles. The Hall–Kier alpha value is -1.25. The molecule has 0 aromatic rings. The minimum Gasteiger partial charge on any atom is -0.462 e. The van der Waals surface area contributed by atoms with E-state index in [1.165, 1.54) is 6.92 Å². The third-order valence-electron chi connectivity index (χ3n) is 4.36. The number of quaternary nitrogens is 1. The first kappa shape index (κ1) is 30.8. The molecule has 1 N–H and O–H groups in total. The van der Waals surface area contributed by atoms with Gasteiger partial charge in [0.05, 0.1) is 27.7 Å². The largest absolute Gasteiger partial charge is 0.472 e. The molecule has 9 nitrogen and oxygen atoms in total. The highest BCUT2D eigenvalue weighted by molar-refractivity contribution is 7.47. The fraction of sp³-hybridized carbons (Fsp3) is 0.818. The molecule has 0 aliphatic rings. The van der Waals surface area contributed by atoms with E-state index in [1.807, 2.05) is 21.1 Å². The Morgan fingerprint density at radius 3 is 2.28 bits per heavy atom. The van der Waals surface area contributed by atoms with Crippen LogP contribution in [0.1, 0.15) is 65.2 Å². The summed E-state index contributed by atoms with van der Waals surface area (Å²) in [6, 6.07) is 0. The number of carbonyl (C=O) groups excluding carboxylic acids is 2. The Morgan fingerprint density at radius 1 is 1.00 bits per heavy atom. The topological polar surface area (TPSA) is 108 Å². The molecule has 0 aromatic carbocycles. The Balaban J connectivity index is 4.30. The van der Waals surface area contributed by atoms with E-state index in [2.05, 4.69) is 19.1 Å². The van der Waals surface area contributed by atoms with E-state index in [-0.39, 0.29) is 19.6 Å². The number of allylic oxidation sites excluding steroid dienone is 2. The highest BCUT2D eigenvalue weighted by atomic mass is 31.2. The fourth-order valence-electron chi connectivity index (χ4n) is 2.56. The average molecular weight is 481 g/mol. The summed E-state index contributed by atoms with van der Waals surface area (Å²) in [5.41, 5.74) is 0. The number of hydrogen-bond donors (Lipinski definition) is 1. The van der Waals surface area contributed by atoms with E-state index in [4.69, 9.17) is 18.5 Å². The molecule has 0 rings (SSSR count). The Bertz CT molecular complexity index is 603. The molecule has 0 fully saturated rings. The second-order valence-corrected chi connectivity index (χ2v) is 10.2. The standard InChI is InChI=1S/C22H42NO8P/c1-6-7-8-9-10-11-12-13-14-15-22(25)31-21(18-28-20(2)24)19-30-32(26,27)29-17-16-23(3,4)5/h7-8,21H,6,9-19H2,1-5H3/p+1/b8-7-/t21-/m0/s1. The van der Waals surface area contributed by atoms with Crippen molar-refractivity contribution in [1.29, 1.82) is 0 Å². The van der Waals surface area contributed by atoms with Crippen molar-refractivity contribution in [2.45, 2.75) is 71.3 Å². The lowest BCUT2D eigenvalue weighted by atomic mass is 10.1. The lowest BCUT2D eigenvalue weighted by molar-refractivity contribution is -0.870. The molecule has 1 unspecified atom stereocenters. The zero-order chi connectivity index (χ0) is 24.5. The van der Waals surface area contributed by atoms with Crippen LogP contribution in [-0.4, -0.2) is 74.9 Å². The first-order valence-electron chi connectivity index (χ1n) is 11.4. The van der Waals surface area contributed by atoms with Crippen LogP contribution in [0, 0.1) is 0 Å². The minimum atomic E-state index is -4.31. The van der Waals surface area contributed by atoms with E-state index in [0.717, 1.165) is 38.5 Å². The molecule has 32 heavy (non-hydrogen) atoms. The monoisotopic (exact) mass is 480 g/mol. The van der Waals surface area contributed by atoms with Gasteiger partial charge in [0.25, 0.3) is 0 Å². The third kappa shape index (κ3) is 20.6. The van der Waals surface area contributed by atoms with Gasteiger partial charge in [-0.1, -0.05) is 38.3 Å². The summed E-state index contributed by atoms with van der Waals surface area (Å²) in [6.45, 7) is 3.20. The van der Waals surface area contributed by atoms with Gasteiger partial charge in [0.1, 0.15) is 19.8 Å². The molecule has 0 spiro atoms. The normalized spacial score (nSPS) is 14.8. The molecule has 0 radical (unpaired) electrons.